The van der Waals surface area contributed by atoms with Gasteiger partial charge in [-0.1, -0.05) is 26.0 Å². The van der Waals surface area contributed by atoms with Crippen molar-refractivity contribution < 1.29 is 4.74 Å². The van der Waals surface area contributed by atoms with E-state index in [1.54, 1.807) is 7.11 Å². The topological polar surface area (TPSA) is 21.3 Å². The van der Waals surface area contributed by atoms with E-state index in [0.29, 0.717) is 17.5 Å². The fourth-order valence-electron chi connectivity index (χ4n) is 2.32. The quantitative estimate of drug-likeness (QED) is 0.860. The van der Waals surface area contributed by atoms with Crippen LogP contribution in [0, 0.1) is 12.3 Å². The Balaban J connectivity index is 2.11. The van der Waals surface area contributed by atoms with Gasteiger partial charge in [-0.25, -0.2) is 0 Å². The lowest BCUT2D eigenvalue weighted by molar-refractivity contribution is 0.398. The number of ether oxygens (including phenoxy) is 1. The summed E-state index contributed by atoms with van der Waals surface area (Å²) in [6.45, 7) is 8.92. The van der Waals surface area contributed by atoms with Crippen LogP contribution in [0.4, 0.5) is 0 Å². The van der Waals surface area contributed by atoms with Crippen LogP contribution in [0.15, 0.2) is 18.2 Å². The second kappa shape index (κ2) is 4.34. The summed E-state index contributed by atoms with van der Waals surface area (Å²) in [6.07, 6.45) is 1.27. The highest BCUT2D eigenvalue weighted by molar-refractivity contribution is 5.39. The van der Waals surface area contributed by atoms with Gasteiger partial charge in [-0.15, -0.1) is 0 Å². The molecule has 2 nitrogen and oxygen atoms in total. The van der Waals surface area contributed by atoms with Crippen LogP contribution in [0.3, 0.4) is 0 Å². The van der Waals surface area contributed by atoms with E-state index in [9.17, 15) is 0 Å². The lowest BCUT2D eigenvalue weighted by Gasteiger charge is -2.18. The molecule has 2 heteroatoms. The molecule has 1 aromatic carbocycles. The van der Waals surface area contributed by atoms with Crippen LogP contribution in [0.5, 0.6) is 5.75 Å². The predicted octanol–water partition coefficient (Wildman–Crippen LogP) is 3.45. The molecule has 0 radical (unpaired) electrons. The Labute approximate surface area is 104 Å². The highest BCUT2D eigenvalue weighted by Gasteiger charge is 2.46. The Morgan fingerprint density at radius 2 is 2.06 bits per heavy atom. The van der Waals surface area contributed by atoms with E-state index < -0.39 is 0 Å². The first-order valence-electron chi connectivity index (χ1n) is 6.34. The third kappa shape index (κ3) is 2.63. The lowest BCUT2D eigenvalue weighted by atomic mass is 10.0. The van der Waals surface area contributed by atoms with E-state index in [1.807, 2.05) is 0 Å². The smallest absolute Gasteiger partial charge is 0.123 e. The minimum atomic E-state index is 0.345. The molecular weight excluding hydrogens is 210 g/mol. The molecule has 2 atom stereocenters. The maximum Gasteiger partial charge on any atom is 0.123 e. The van der Waals surface area contributed by atoms with Crippen molar-refractivity contribution in [3.63, 3.8) is 0 Å². The zero-order chi connectivity index (χ0) is 12.6. The van der Waals surface area contributed by atoms with Crippen LogP contribution in [-0.2, 0) is 0 Å². The number of nitrogens with one attached hydrogen (secondary N) is 1. The van der Waals surface area contributed by atoms with Crippen molar-refractivity contribution in [2.24, 2.45) is 5.41 Å². The van der Waals surface area contributed by atoms with Gasteiger partial charge in [-0.3, -0.25) is 0 Å². The Morgan fingerprint density at radius 1 is 1.41 bits per heavy atom. The minimum Gasteiger partial charge on any atom is -0.496 e. The van der Waals surface area contributed by atoms with Crippen molar-refractivity contribution in [3.05, 3.63) is 29.3 Å². The van der Waals surface area contributed by atoms with E-state index in [4.69, 9.17) is 4.74 Å². The normalized spacial score (nSPS) is 23.2. The molecular formula is C15H23NO. The van der Waals surface area contributed by atoms with Gasteiger partial charge >= 0.3 is 0 Å². The molecule has 0 aromatic heterocycles. The molecule has 1 aliphatic rings. The minimum absolute atomic E-state index is 0.345. The summed E-state index contributed by atoms with van der Waals surface area (Å²) in [5, 5.41) is 3.67. The van der Waals surface area contributed by atoms with Gasteiger partial charge in [-0.05, 0) is 37.3 Å². The molecule has 0 heterocycles. The van der Waals surface area contributed by atoms with Crippen LogP contribution in [0.1, 0.15) is 44.4 Å². The molecule has 0 amide bonds. The Hall–Kier alpha value is -1.02. The van der Waals surface area contributed by atoms with Crippen molar-refractivity contribution >= 4 is 0 Å². The predicted molar refractivity (Wildman–Crippen MR) is 71.5 cm³/mol. The second-order valence-electron chi connectivity index (χ2n) is 5.88. The summed E-state index contributed by atoms with van der Waals surface area (Å²) < 4.78 is 5.46. The molecule has 2 rings (SSSR count). The Morgan fingerprint density at radius 3 is 2.59 bits per heavy atom. The molecule has 1 fully saturated rings. The van der Waals surface area contributed by atoms with Gasteiger partial charge in [0.05, 0.1) is 7.11 Å². The van der Waals surface area contributed by atoms with Crippen molar-refractivity contribution in [2.75, 3.05) is 7.11 Å². The standard InChI is InChI=1S/C15H23NO/c1-10-6-7-12(13(8-10)17-5)11(2)16-14-9-15(14,3)4/h6-8,11,14,16H,9H2,1-5H3. The number of benzene rings is 1. The average molecular weight is 233 g/mol. The van der Waals surface area contributed by atoms with Gasteiger partial charge in [-0.2, -0.15) is 0 Å². The Bertz CT molecular complexity index is 411. The largest absolute Gasteiger partial charge is 0.496 e. The van der Waals surface area contributed by atoms with Gasteiger partial charge in [0.1, 0.15) is 5.75 Å². The summed E-state index contributed by atoms with van der Waals surface area (Å²) >= 11 is 0. The first-order chi connectivity index (χ1) is 7.94. The molecule has 1 saturated carbocycles. The van der Waals surface area contributed by atoms with Crippen LogP contribution in [-0.4, -0.2) is 13.2 Å². The molecule has 0 spiro atoms. The maximum atomic E-state index is 5.46. The Kier molecular flexibility index (Phi) is 3.17. The summed E-state index contributed by atoms with van der Waals surface area (Å²) in [5.41, 5.74) is 2.96. The highest BCUT2D eigenvalue weighted by Crippen LogP contribution is 2.46. The van der Waals surface area contributed by atoms with Crippen LogP contribution < -0.4 is 10.1 Å². The SMILES string of the molecule is COc1cc(C)ccc1C(C)NC1CC1(C)C. The van der Waals surface area contributed by atoms with E-state index in [2.05, 4.69) is 51.2 Å². The van der Waals surface area contributed by atoms with Gasteiger partial charge in [0.15, 0.2) is 0 Å². The summed E-state index contributed by atoms with van der Waals surface area (Å²) in [6, 6.07) is 7.40. The average Bonchev–Trinajstić information content (AvgIpc) is 2.85. The van der Waals surface area contributed by atoms with E-state index >= 15 is 0 Å². The van der Waals surface area contributed by atoms with Gasteiger partial charge in [0.2, 0.25) is 0 Å². The third-order valence-electron chi connectivity index (χ3n) is 3.82. The molecule has 1 aromatic rings. The molecule has 1 N–H and O–H groups in total. The number of methoxy groups -OCH3 is 1. The highest BCUT2D eigenvalue weighted by atomic mass is 16.5. The third-order valence-corrected chi connectivity index (χ3v) is 3.82. The molecule has 17 heavy (non-hydrogen) atoms. The number of hydrogen-bond acceptors (Lipinski definition) is 2. The summed E-state index contributed by atoms with van der Waals surface area (Å²) in [5.74, 6) is 0.989. The number of aryl methyl sites for hydroxylation is 1. The van der Waals surface area contributed by atoms with E-state index in [1.165, 1.54) is 17.5 Å². The first kappa shape index (κ1) is 12.4. The van der Waals surface area contributed by atoms with Crippen molar-refractivity contribution in [2.45, 2.75) is 46.2 Å². The monoisotopic (exact) mass is 233 g/mol. The van der Waals surface area contributed by atoms with Crippen LogP contribution >= 0.6 is 0 Å². The fourth-order valence-corrected chi connectivity index (χ4v) is 2.32. The maximum absolute atomic E-state index is 5.46. The molecule has 94 valence electrons. The molecule has 2 unspecified atom stereocenters. The van der Waals surface area contributed by atoms with Crippen LogP contribution in [0.2, 0.25) is 0 Å². The van der Waals surface area contributed by atoms with Crippen molar-refractivity contribution in [3.8, 4) is 5.75 Å². The van der Waals surface area contributed by atoms with E-state index in [0.717, 1.165) is 5.75 Å². The zero-order valence-corrected chi connectivity index (χ0v) is 11.5. The van der Waals surface area contributed by atoms with Gasteiger partial charge in [0, 0.05) is 17.6 Å². The van der Waals surface area contributed by atoms with Gasteiger partial charge in [0.25, 0.3) is 0 Å². The molecule has 0 bridgehead atoms. The van der Waals surface area contributed by atoms with Crippen molar-refractivity contribution in [1.82, 2.24) is 5.32 Å². The zero-order valence-electron chi connectivity index (χ0n) is 11.5. The first-order valence-corrected chi connectivity index (χ1v) is 6.34. The number of rotatable bonds is 4. The molecule has 1 aliphatic carbocycles. The van der Waals surface area contributed by atoms with E-state index in [-0.39, 0.29) is 0 Å². The molecule has 0 aliphatic heterocycles. The van der Waals surface area contributed by atoms with Gasteiger partial charge < -0.3 is 10.1 Å². The van der Waals surface area contributed by atoms with Crippen LogP contribution in [0.25, 0.3) is 0 Å². The molecule has 0 saturated heterocycles. The second-order valence-corrected chi connectivity index (χ2v) is 5.88. The summed E-state index contributed by atoms with van der Waals surface area (Å²) in [7, 11) is 1.74. The summed E-state index contributed by atoms with van der Waals surface area (Å²) in [4.78, 5) is 0. The number of hydrogen-bond donors (Lipinski definition) is 1. The lowest BCUT2D eigenvalue weighted by Crippen LogP contribution is -2.24. The van der Waals surface area contributed by atoms with Crippen molar-refractivity contribution in [1.29, 1.82) is 0 Å². The fraction of sp³-hybridized carbons (Fsp3) is 0.600.